The molecule has 0 aliphatic rings. The summed E-state index contributed by atoms with van der Waals surface area (Å²) >= 11 is 0. The van der Waals surface area contributed by atoms with Gasteiger partial charge in [0.25, 0.3) is 0 Å². The molecule has 0 spiro atoms. The molecule has 0 saturated heterocycles. The van der Waals surface area contributed by atoms with Gasteiger partial charge >= 0.3 is 10.1 Å². The van der Waals surface area contributed by atoms with Crippen LogP contribution < -0.4 is 8.92 Å². The molecule has 0 bridgehead atoms. The van der Waals surface area contributed by atoms with Crippen LogP contribution in [0.5, 0.6) is 11.5 Å². The summed E-state index contributed by atoms with van der Waals surface area (Å²) in [7, 11) is -1.58. The molecule has 3 rings (SSSR count). The molecule has 0 N–H and O–H groups in total. The SMILES string of the molecule is COCC(=O)N(Cc1cccc(OS(=O)(=O)c2ccc(OC)c(F)c2)c1)Cc1ccco1. The molecule has 1 amide bonds. The van der Waals surface area contributed by atoms with Crippen LogP contribution in [0.15, 0.2) is 70.2 Å². The normalized spacial score (nSPS) is 11.2. The standard InChI is InChI=1S/C22H22FNO7S/c1-28-15-22(25)24(14-18-7-4-10-30-18)13-16-5-3-6-17(11-16)31-32(26,27)19-8-9-21(29-2)20(23)12-19/h3-12H,13-15H2,1-2H3. The van der Waals surface area contributed by atoms with Crippen molar-refractivity contribution in [1.29, 1.82) is 0 Å². The molecular formula is C22H22FNO7S. The minimum atomic E-state index is -4.28. The van der Waals surface area contributed by atoms with Gasteiger partial charge in [0.05, 0.1) is 19.9 Å². The van der Waals surface area contributed by atoms with Gasteiger partial charge < -0.3 is 23.0 Å². The lowest BCUT2D eigenvalue weighted by Crippen LogP contribution is -2.32. The first kappa shape index (κ1) is 23.3. The zero-order valence-corrected chi connectivity index (χ0v) is 18.3. The van der Waals surface area contributed by atoms with E-state index in [2.05, 4.69) is 0 Å². The number of hydrogen-bond acceptors (Lipinski definition) is 7. The monoisotopic (exact) mass is 463 g/mol. The third-order valence-electron chi connectivity index (χ3n) is 4.44. The number of amides is 1. The highest BCUT2D eigenvalue weighted by atomic mass is 32.2. The molecule has 0 fully saturated rings. The Bertz CT molecular complexity index is 1160. The predicted octanol–water partition coefficient (Wildman–Crippen LogP) is 3.37. The second-order valence-electron chi connectivity index (χ2n) is 6.74. The number of benzene rings is 2. The van der Waals surface area contributed by atoms with Crippen molar-refractivity contribution < 1.29 is 35.7 Å². The van der Waals surface area contributed by atoms with Crippen LogP contribution in [0.1, 0.15) is 11.3 Å². The number of rotatable bonds is 10. The number of hydrogen-bond donors (Lipinski definition) is 0. The Morgan fingerprint density at radius 2 is 1.88 bits per heavy atom. The van der Waals surface area contributed by atoms with Crippen molar-refractivity contribution in [2.75, 3.05) is 20.8 Å². The number of halogens is 1. The molecular weight excluding hydrogens is 441 g/mol. The van der Waals surface area contributed by atoms with E-state index in [-0.39, 0.29) is 42.0 Å². The fourth-order valence-corrected chi connectivity index (χ4v) is 3.87. The summed E-state index contributed by atoms with van der Waals surface area (Å²) in [6.07, 6.45) is 1.51. The Balaban J connectivity index is 1.78. The number of ether oxygens (including phenoxy) is 2. The molecule has 3 aromatic rings. The van der Waals surface area contributed by atoms with Crippen LogP contribution in [-0.4, -0.2) is 40.1 Å². The first-order valence-electron chi connectivity index (χ1n) is 9.48. The van der Waals surface area contributed by atoms with E-state index in [9.17, 15) is 17.6 Å². The zero-order valence-electron chi connectivity index (χ0n) is 17.5. The third-order valence-corrected chi connectivity index (χ3v) is 5.68. The molecule has 8 nitrogen and oxygen atoms in total. The summed E-state index contributed by atoms with van der Waals surface area (Å²) in [6.45, 7) is 0.259. The molecule has 32 heavy (non-hydrogen) atoms. The minimum absolute atomic E-state index is 0.0239. The van der Waals surface area contributed by atoms with Gasteiger partial charge in [-0.15, -0.1) is 0 Å². The van der Waals surface area contributed by atoms with Gasteiger partial charge in [0.15, 0.2) is 11.6 Å². The third kappa shape index (κ3) is 5.86. The molecule has 0 atom stereocenters. The molecule has 170 valence electrons. The number of furan rings is 1. The summed E-state index contributed by atoms with van der Waals surface area (Å²) in [4.78, 5) is 13.6. The fourth-order valence-electron chi connectivity index (χ4n) is 2.93. The Hall–Kier alpha value is -3.37. The topological polar surface area (TPSA) is 95.3 Å². The van der Waals surface area contributed by atoms with Gasteiger partial charge in [-0.25, -0.2) is 4.39 Å². The van der Waals surface area contributed by atoms with Gasteiger partial charge in [-0.05, 0) is 48.0 Å². The highest BCUT2D eigenvalue weighted by Crippen LogP contribution is 2.25. The van der Waals surface area contributed by atoms with Crippen molar-refractivity contribution in [3.63, 3.8) is 0 Å². The van der Waals surface area contributed by atoms with Crippen molar-refractivity contribution in [1.82, 2.24) is 4.90 Å². The van der Waals surface area contributed by atoms with Crippen LogP contribution in [-0.2, 0) is 32.7 Å². The summed E-state index contributed by atoms with van der Waals surface area (Å²) < 4.78 is 59.3. The van der Waals surface area contributed by atoms with Gasteiger partial charge in [-0.2, -0.15) is 8.42 Å². The van der Waals surface area contributed by atoms with E-state index in [1.54, 1.807) is 24.3 Å². The number of nitrogens with zero attached hydrogens (tertiary/aromatic N) is 1. The Morgan fingerprint density at radius 1 is 1.06 bits per heavy atom. The lowest BCUT2D eigenvalue weighted by atomic mass is 10.2. The Labute approximate surface area is 185 Å². The molecule has 0 aliphatic carbocycles. The van der Waals surface area contributed by atoms with Gasteiger partial charge in [-0.1, -0.05) is 12.1 Å². The molecule has 1 heterocycles. The first-order valence-corrected chi connectivity index (χ1v) is 10.9. The average molecular weight is 463 g/mol. The minimum Gasteiger partial charge on any atom is -0.494 e. The molecule has 0 saturated carbocycles. The van der Waals surface area contributed by atoms with Gasteiger partial charge in [0.2, 0.25) is 5.91 Å². The van der Waals surface area contributed by atoms with Crippen molar-refractivity contribution in [2.45, 2.75) is 18.0 Å². The van der Waals surface area contributed by atoms with Gasteiger partial charge in [-0.3, -0.25) is 4.79 Å². The highest BCUT2D eigenvalue weighted by molar-refractivity contribution is 7.87. The lowest BCUT2D eigenvalue weighted by Gasteiger charge is -2.22. The Kier molecular flexibility index (Phi) is 7.49. The van der Waals surface area contributed by atoms with Crippen LogP contribution in [0.3, 0.4) is 0 Å². The van der Waals surface area contributed by atoms with E-state index in [0.29, 0.717) is 11.3 Å². The summed E-state index contributed by atoms with van der Waals surface area (Å²) in [5, 5.41) is 0. The molecule has 0 radical (unpaired) electrons. The molecule has 0 aliphatic heterocycles. The zero-order chi connectivity index (χ0) is 23.1. The van der Waals surface area contributed by atoms with Crippen LogP contribution in [0.2, 0.25) is 0 Å². The summed E-state index contributed by atoms with van der Waals surface area (Å²) in [5.74, 6) is -0.558. The van der Waals surface area contributed by atoms with Crippen molar-refractivity contribution >= 4 is 16.0 Å². The largest absolute Gasteiger partial charge is 0.494 e. The average Bonchev–Trinajstić information content (AvgIpc) is 3.26. The quantitative estimate of drug-likeness (QED) is 0.426. The number of methoxy groups -OCH3 is 2. The van der Waals surface area contributed by atoms with E-state index in [0.717, 1.165) is 6.07 Å². The maximum atomic E-state index is 13.9. The van der Waals surface area contributed by atoms with Crippen LogP contribution in [0, 0.1) is 5.82 Å². The second-order valence-corrected chi connectivity index (χ2v) is 8.29. The van der Waals surface area contributed by atoms with E-state index >= 15 is 0 Å². The molecule has 2 aromatic carbocycles. The first-order chi connectivity index (χ1) is 15.3. The van der Waals surface area contributed by atoms with E-state index in [1.165, 1.54) is 49.6 Å². The molecule has 0 unspecified atom stereocenters. The predicted molar refractivity (Wildman–Crippen MR) is 112 cm³/mol. The highest BCUT2D eigenvalue weighted by Gasteiger charge is 2.20. The molecule has 1 aromatic heterocycles. The van der Waals surface area contributed by atoms with E-state index in [1.807, 2.05) is 0 Å². The lowest BCUT2D eigenvalue weighted by molar-refractivity contribution is -0.136. The van der Waals surface area contributed by atoms with Crippen molar-refractivity contribution in [3.05, 3.63) is 78.0 Å². The second kappa shape index (κ2) is 10.3. The van der Waals surface area contributed by atoms with Gasteiger partial charge in [0, 0.05) is 13.7 Å². The van der Waals surface area contributed by atoms with E-state index < -0.39 is 15.9 Å². The fraction of sp³-hybridized carbons (Fsp3) is 0.227. The number of carbonyl (C=O) groups excluding carboxylic acids is 1. The maximum Gasteiger partial charge on any atom is 0.339 e. The summed E-state index contributed by atoms with van der Waals surface area (Å²) in [6, 6.07) is 12.9. The number of carbonyl (C=O) groups is 1. The van der Waals surface area contributed by atoms with Crippen LogP contribution >= 0.6 is 0 Å². The van der Waals surface area contributed by atoms with Crippen molar-refractivity contribution in [3.8, 4) is 11.5 Å². The Morgan fingerprint density at radius 3 is 2.53 bits per heavy atom. The van der Waals surface area contributed by atoms with Gasteiger partial charge in [0.1, 0.15) is 23.0 Å². The maximum absolute atomic E-state index is 13.9. The smallest absolute Gasteiger partial charge is 0.339 e. The summed E-state index contributed by atoms with van der Waals surface area (Å²) in [5.41, 5.74) is 0.620. The molecule has 10 heteroatoms. The van der Waals surface area contributed by atoms with Crippen LogP contribution in [0.25, 0.3) is 0 Å². The van der Waals surface area contributed by atoms with E-state index in [4.69, 9.17) is 18.1 Å². The van der Waals surface area contributed by atoms with Crippen molar-refractivity contribution in [2.24, 2.45) is 0 Å². The van der Waals surface area contributed by atoms with Crippen LogP contribution in [0.4, 0.5) is 4.39 Å².